The standard InChI is InChI=1S/C25H27BrN2O3/c1-4-15-30-17(2)16-21-9-14-24(18(3)27-21)25(29)28-20-7-12-23(13-8-20)31-22-10-5-19(26)6-11-22/h5-14,17H,4,15-16H2,1-3H3,(H,28,29). The minimum absolute atomic E-state index is 0.102. The Morgan fingerprint density at radius 2 is 1.68 bits per heavy atom. The number of rotatable bonds is 9. The minimum atomic E-state index is -0.187. The second kappa shape index (κ2) is 11.1. The number of hydrogen-bond acceptors (Lipinski definition) is 4. The summed E-state index contributed by atoms with van der Waals surface area (Å²) >= 11 is 3.40. The van der Waals surface area contributed by atoms with Gasteiger partial charge in [0.15, 0.2) is 0 Å². The van der Waals surface area contributed by atoms with E-state index in [9.17, 15) is 4.79 Å². The van der Waals surface area contributed by atoms with Gasteiger partial charge in [-0.3, -0.25) is 9.78 Å². The number of hydrogen-bond donors (Lipinski definition) is 1. The molecule has 0 bridgehead atoms. The highest BCUT2D eigenvalue weighted by atomic mass is 79.9. The zero-order chi connectivity index (χ0) is 22.2. The van der Waals surface area contributed by atoms with Crippen molar-refractivity contribution in [2.24, 2.45) is 0 Å². The maximum atomic E-state index is 12.7. The largest absolute Gasteiger partial charge is 0.457 e. The first kappa shape index (κ1) is 23.0. The molecule has 0 saturated carbocycles. The van der Waals surface area contributed by atoms with Crippen molar-refractivity contribution in [1.29, 1.82) is 0 Å². The molecule has 2 aromatic carbocycles. The number of ether oxygens (including phenoxy) is 2. The zero-order valence-corrected chi connectivity index (χ0v) is 19.6. The van der Waals surface area contributed by atoms with Crippen molar-refractivity contribution >= 4 is 27.5 Å². The Labute approximate surface area is 191 Å². The SMILES string of the molecule is CCCOC(C)Cc1ccc(C(=O)Nc2ccc(Oc3ccc(Br)cc3)cc2)c(C)n1. The molecular formula is C25H27BrN2O3. The number of anilines is 1. The van der Waals surface area contributed by atoms with Gasteiger partial charge in [-0.05, 0) is 80.9 Å². The molecule has 1 aromatic heterocycles. The molecule has 0 spiro atoms. The maximum Gasteiger partial charge on any atom is 0.257 e. The van der Waals surface area contributed by atoms with Gasteiger partial charge < -0.3 is 14.8 Å². The van der Waals surface area contributed by atoms with E-state index >= 15 is 0 Å². The lowest BCUT2D eigenvalue weighted by Gasteiger charge is -2.13. The van der Waals surface area contributed by atoms with Crippen molar-refractivity contribution < 1.29 is 14.3 Å². The third-order valence-corrected chi connectivity index (χ3v) is 5.18. The molecule has 0 aliphatic heterocycles. The highest BCUT2D eigenvalue weighted by Gasteiger charge is 2.13. The number of nitrogens with zero attached hydrogens (tertiary/aromatic N) is 1. The predicted octanol–water partition coefficient (Wildman–Crippen LogP) is 6.55. The molecule has 162 valence electrons. The van der Waals surface area contributed by atoms with Gasteiger partial charge in [0.2, 0.25) is 0 Å². The van der Waals surface area contributed by atoms with Gasteiger partial charge in [0.1, 0.15) is 11.5 Å². The summed E-state index contributed by atoms with van der Waals surface area (Å²) in [6, 6.07) is 18.6. The lowest BCUT2D eigenvalue weighted by molar-refractivity contribution is 0.0663. The first-order chi connectivity index (χ1) is 14.9. The van der Waals surface area contributed by atoms with E-state index < -0.39 is 0 Å². The summed E-state index contributed by atoms with van der Waals surface area (Å²) in [5, 5.41) is 2.92. The van der Waals surface area contributed by atoms with Crippen LogP contribution in [0.1, 0.15) is 42.0 Å². The summed E-state index contributed by atoms with van der Waals surface area (Å²) in [5.74, 6) is 1.26. The van der Waals surface area contributed by atoms with Gasteiger partial charge in [-0.1, -0.05) is 22.9 Å². The number of pyridine rings is 1. The molecule has 6 heteroatoms. The number of halogens is 1. The Kier molecular flexibility index (Phi) is 8.20. The molecule has 3 rings (SSSR count). The fraction of sp³-hybridized carbons (Fsp3) is 0.280. The Bertz CT molecular complexity index is 1000. The van der Waals surface area contributed by atoms with E-state index in [2.05, 4.69) is 33.2 Å². The molecule has 3 aromatic rings. The highest BCUT2D eigenvalue weighted by Crippen LogP contribution is 2.25. The molecule has 0 aliphatic carbocycles. The topological polar surface area (TPSA) is 60.5 Å². The van der Waals surface area contributed by atoms with E-state index in [0.29, 0.717) is 22.7 Å². The van der Waals surface area contributed by atoms with E-state index in [1.807, 2.05) is 74.5 Å². The Balaban J connectivity index is 1.59. The van der Waals surface area contributed by atoms with Crippen LogP contribution in [-0.4, -0.2) is 23.6 Å². The molecule has 0 radical (unpaired) electrons. The summed E-state index contributed by atoms with van der Waals surface area (Å²) in [5.41, 5.74) is 2.87. The molecule has 0 aliphatic rings. The molecule has 1 N–H and O–H groups in total. The van der Waals surface area contributed by atoms with E-state index in [1.54, 1.807) is 0 Å². The predicted molar refractivity (Wildman–Crippen MR) is 127 cm³/mol. The third-order valence-electron chi connectivity index (χ3n) is 4.65. The van der Waals surface area contributed by atoms with Crippen molar-refractivity contribution in [2.75, 3.05) is 11.9 Å². The second-order valence-corrected chi connectivity index (χ2v) is 8.27. The smallest absolute Gasteiger partial charge is 0.257 e. The molecule has 31 heavy (non-hydrogen) atoms. The zero-order valence-electron chi connectivity index (χ0n) is 18.0. The lowest BCUT2D eigenvalue weighted by Crippen LogP contribution is -2.16. The first-order valence-corrected chi connectivity index (χ1v) is 11.2. The van der Waals surface area contributed by atoms with E-state index in [0.717, 1.165) is 35.4 Å². The van der Waals surface area contributed by atoms with Crippen LogP contribution in [0, 0.1) is 6.92 Å². The van der Waals surface area contributed by atoms with E-state index in [4.69, 9.17) is 9.47 Å². The molecule has 1 heterocycles. The fourth-order valence-electron chi connectivity index (χ4n) is 3.08. The number of amides is 1. The summed E-state index contributed by atoms with van der Waals surface area (Å²) in [4.78, 5) is 17.3. The van der Waals surface area contributed by atoms with Crippen LogP contribution in [0.2, 0.25) is 0 Å². The number of carbonyl (C=O) groups is 1. The first-order valence-electron chi connectivity index (χ1n) is 10.4. The van der Waals surface area contributed by atoms with Crippen LogP contribution in [0.3, 0.4) is 0 Å². The number of aryl methyl sites for hydroxylation is 1. The minimum Gasteiger partial charge on any atom is -0.457 e. The lowest BCUT2D eigenvalue weighted by atomic mass is 10.1. The third kappa shape index (κ3) is 6.91. The van der Waals surface area contributed by atoms with Crippen LogP contribution >= 0.6 is 15.9 Å². The molecule has 5 nitrogen and oxygen atoms in total. The van der Waals surface area contributed by atoms with Crippen LogP contribution in [-0.2, 0) is 11.2 Å². The second-order valence-electron chi connectivity index (χ2n) is 7.36. The van der Waals surface area contributed by atoms with E-state index in [-0.39, 0.29) is 12.0 Å². The number of benzene rings is 2. The van der Waals surface area contributed by atoms with Gasteiger partial charge >= 0.3 is 0 Å². The molecule has 1 amide bonds. The average molecular weight is 483 g/mol. The van der Waals surface area contributed by atoms with Crippen LogP contribution in [0.25, 0.3) is 0 Å². The van der Waals surface area contributed by atoms with Crippen molar-refractivity contribution in [3.63, 3.8) is 0 Å². The van der Waals surface area contributed by atoms with Gasteiger partial charge in [-0.25, -0.2) is 0 Å². The van der Waals surface area contributed by atoms with Crippen molar-refractivity contribution in [2.45, 2.75) is 39.7 Å². The molecule has 1 unspecified atom stereocenters. The highest BCUT2D eigenvalue weighted by molar-refractivity contribution is 9.10. The Morgan fingerprint density at radius 3 is 2.29 bits per heavy atom. The fourth-order valence-corrected chi connectivity index (χ4v) is 3.35. The van der Waals surface area contributed by atoms with Crippen molar-refractivity contribution in [3.05, 3.63) is 82.1 Å². The molecule has 0 saturated heterocycles. The van der Waals surface area contributed by atoms with Gasteiger partial charge in [-0.15, -0.1) is 0 Å². The normalized spacial score (nSPS) is 11.7. The van der Waals surface area contributed by atoms with Crippen LogP contribution in [0.4, 0.5) is 5.69 Å². The summed E-state index contributed by atoms with van der Waals surface area (Å²) in [7, 11) is 0. The quantitative estimate of drug-likeness (QED) is 0.375. The molecular weight excluding hydrogens is 456 g/mol. The Hall–Kier alpha value is -2.70. The number of carbonyl (C=O) groups excluding carboxylic acids is 1. The summed E-state index contributed by atoms with van der Waals surface area (Å²) < 4.78 is 12.5. The van der Waals surface area contributed by atoms with Gasteiger partial charge in [0.25, 0.3) is 5.91 Å². The van der Waals surface area contributed by atoms with Crippen molar-refractivity contribution in [1.82, 2.24) is 4.98 Å². The Morgan fingerprint density at radius 1 is 1.03 bits per heavy atom. The van der Waals surface area contributed by atoms with Crippen molar-refractivity contribution in [3.8, 4) is 11.5 Å². The number of aromatic nitrogens is 1. The van der Waals surface area contributed by atoms with Gasteiger partial charge in [0.05, 0.1) is 17.4 Å². The molecule has 1 atom stereocenters. The van der Waals surface area contributed by atoms with E-state index in [1.165, 1.54) is 0 Å². The summed E-state index contributed by atoms with van der Waals surface area (Å²) in [6.07, 6.45) is 1.82. The maximum absolute atomic E-state index is 12.7. The van der Waals surface area contributed by atoms with Gasteiger partial charge in [0, 0.05) is 28.9 Å². The summed E-state index contributed by atoms with van der Waals surface area (Å²) in [6.45, 7) is 6.72. The average Bonchev–Trinajstić information content (AvgIpc) is 2.75. The van der Waals surface area contributed by atoms with Gasteiger partial charge in [-0.2, -0.15) is 0 Å². The number of nitrogens with one attached hydrogen (secondary N) is 1. The van der Waals surface area contributed by atoms with Crippen LogP contribution in [0.5, 0.6) is 11.5 Å². The molecule has 0 fully saturated rings. The van der Waals surface area contributed by atoms with Crippen LogP contribution in [0.15, 0.2) is 65.1 Å². The monoisotopic (exact) mass is 482 g/mol. The van der Waals surface area contributed by atoms with Crippen LogP contribution < -0.4 is 10.1 Å².